The van der Waals surface area contributed by atoms with Gasteiger partial charge >= 0.3 is 0 Å². The molecule has 4 atom stereocenters. The zero-order valence-corrected chi connectivity index (χ0v) is 16.6. The van der Waals surface area contributed by atoms with Crippen LogP contribution in [0.2, 0.25) is 0 Å². The van der Waals surface area contributed by atoms with Crippen molar-refractivity contribution in [3.05, 3.63) is 0 Å². The van der Waals surface area contributed by atoms with Crippen LogP contribution < -0.4 is 0 Å². The van der Waals surface area contributed by atoms with E-state index in [9.17, 15) is 0 Å². The minimum atomic E-state index is 0.545. The molecule has 23 heavy (non-hydrogen) atoms. The van der Waals surface area contributed by atoms with Crippen molar-refractivity contribution in [1.82, 2.24) is 0 Å². The summed E-state index contributed by atoms with van der Waals surface area (Å²) in [6, 6.07) is 0. The van der Waals surface area contributed by atoms with E-state index in [0.717, 1.165) is 23.7 Å². The van der Waals surface area contributed by atoms with Gasteiger partial charge in [0.05, 0.1) is 12.2 Å². The van der Waals surface area contributed by atoms with Crippen LogP contribution in [0, 0.1) is 23.7 Å². The van der Waals surface area contributed by atoms with E-state index in [1.54, 1.807) is 0 Å². The number of ether oxygens (including phenoxy) is 2. The van der Waals surface area contributed by atoms with E-state index in [0.29, 0.717) is 12.2 Å². The number of hydrogen-bond donors (Lipinski definition) is 0. The Bertz CT molecular complexity index is 288. The molecule has 0 saturated heterocycles. The zero-order valence-electron chi connectivity index (χ0n) is 16.6. The maximum absolute atomic E-state index is 5.50. The fourth-order valence-electron chi connectivity index (χ4n) is 4.54. The van der Waals surface area contributed by atoms with Crippen LogP contribution in [-0.2, 0) is 9.47 Å². The molecular formula is C21H42O2. The molecule has 2 aliphatic carbocycles. The Hall–Kier alpha value is -0.0800. The summed E-state index contributed by atoms with van der Waals surface area (Å²) in [6.45, 7) is 9.23. The summed E-state index contributed by atoms with van der Waals surface area (Å²) < 4.78 is 11.0. The van der Waals surface area contributed by atoms with E-state index in [2.05, 4.69) is 27.7 Å². The van der Waals surface area contributed by atoms with Gasteiger partial charge in [0.2, 0.25) is 0 Å². The van der Waals surface area contributed by atoms with E-state index in [4.69, 9.17) is 9.47 Å². The second kappa shape index (κ2) is 11.5. The first-order valence-electron chi connectivity index (χ1n) is 10.0. The van der Waals surface area contributed by atoms with Crippen molar-refractivity contribution in [2.24, 2.45) is 23.7 Å². The van der Waals surface area contributed by atoms with Gasteiger partial charge in [-0.3, -0.25) is 0 Å². The molecule has 2 saturated carbocycles. The zero-order chi connectivity index (χ0) is 17.2. The van der Waals surface area contributed by atoms with Crippen LogP contribution in [0.4, 0.5) is 0 Å². The van der Waals surface area contributed by atoms with Gasteiger partial charge in [0.1, 0.15) is 0 Å². The van der Waals surface area contributed by atoms with Gasteiger partial charge < -0.3 is 9.47 Å². The first-order valence-corrected chi connectivity index (χ1v) is 10.0. The average Bonchev–Trinajstić information content (AvgIpc) is 2.55. The molecule has 2 nitrogen and oxygen atoms in total. The first kappa shape index (κ1) is 21.0. The van der Waals surface area contributed by atoms with Crippen LogP contribution in [0.15, 0.2) is 0 Å². The lowest BCUT2D eigenvalue weighted by atomic mass is 9.79. The van der Waals surface area contributed by atoms with Crippen LogP contribution in [0.1, 0.15) is 85.5 Å². The van der Waals surface area contributed by atoms with E-state index < -0.39 is 0 Å². The summed E-state index contributed by atoms with van der Waals surface area (Å²) in [6.07, 6.45) is 13.3. The molecule has 0 spiro atoms. The molecule has 0 aromatic carbocycles. The molecule has 2 aliphatic rings. The van der Waals surface area contributed by atoms with Gasteiger partial charge in [0.25, 0.3) is 0 Å². The first-order chi connectivity index (χ1) is 11.0. The second-order valence-corrected chi connectivity index (χ2v) is 8.41. The summed E-state index contributed by atoms with van der Waals surface area (Å²) in [5.74, 6) is 3.27. The highest BCUT2D eigenvalue weighted by Gasteiger charge is 2.27. The van der Waals surface area contributed by atoms with Gasteiger partial charge in [-0.05, 0) is 55.8 Å². The quantitative estimate of drug-likeness (QED) is 0.609. The molecular weight excluding hydrogens is 284 g/mol. The molecule has 0 N–H and O–H groups in total. The molecule has 0 amide bonds. The molecule has 0 bridgehead atoms. The molecule has 2 rings (SSSR count). The van der Waals surface area contributed by atoms with E-state index in [1.165, 1.54) is 57.8 Å². The van der Waals surface area contributed by atoms with Gasteiger partial charge in [-0.1, -0.05) is 53.4 Å². The molecule has 138 valence electrons. The molecule has 0 aromatic heterocycles. The van der Waals surface area contributed by atoms with Crippen LogP contribution in [0.25, 0.3) is 0 Å². The number of hydrogen-bond acceptors (Lipinski definition) is 2. The fraction of sp³-hybridized carbons (Fsp3) is 1.00. The Morgan fingerprint density at radius 2 is 1.26 bits per heavy atom. The molecule has 0 aliphatic heterocycles. The minimum absolute atomic E-state index is 0.545. The van der Waals surface area contributed by atoms with Crippen LogP contribution in [0.3, 0.4) is 0 Å². The maximum atomic E-state index is 5.50. The summed E-state index contributed by atoms with van der Waals surface area (Å²) in [4.78, 5) is 0. The third-order valence-corrected chi connectivity index (χ3v) is 5.83. The van der Waals surface area contributed by atoms with Crippen molar-refractivity contribution in [2.75, 3.05) is 14.2 Å². The van der Waals surface area contributed by atoms with Crippen LogP contribution in [0.5, 0.6) is 0 Å². The topological polar surface area (TPSA) is 18.5 Å². The highest BCUT2D eigenvalue weighted by Crippen LogP contribution is 2.32. The normalized spacial score (nSPS) is 31.8. The van der Waals surface area contributed by atoms with Gasteiger partial charge in [0, 0.05) is 14.2 Å². The number of methoxy groups -OCH3 is 2. The third-order valence-electron chi connectivity index (χ3n) is 5.83. The highest BCUT2D eigenvalue weighted by molar-refractivity contribution is 4.78. The third kappa shape index (κ3) is 7.56. The lowest BCUT2D eigenvalue weighted by Crippen LogP contribution is -2.30. The smallest absolute Gasteiger partial charge is 0.0601 e. The summed E-state index contributed by atoms with van der Waals surface area (Å²) >= 11 is 0. The van der Waals surface area contributed by atoms with Crippen molar-refractivity contribution in [3.8, 4) is 0 Å². The van der Waals surface area contributed by atoms with Gasteiger partial charge in [0.15, 0.2) is 0 Å². The molecule has 0 aromatic rings. The van der Waals surface area contributed by atoms with Crippen molar-refractivity contribution < 1.29 is 9.47 Å². The average molecular weight is 327 g/mol. The lowest BCUT2D eigenvalue weighted by molar-refractivity contribution is 0.00526. The fourth-order valence-corrected chi connectivity index (χ4v) is 4.54. The summed E-state index contributed by atoms with van der Waals surface area (Å²) in [5, 5.41) is 0. The number of rotatable bonds is 5. The predicted octanol–water partition coefficient (Wildman–Crippen LogP) is 6.09. The predicted molar refractivity (Wildman–Crippen MR) is 99.8 cm³/mol. The monoisotopic (exact) mass is 326 g/mol. The van der Waals surface area contributed by atoms with Gasteiger partial charge in [-0.2, -0.15) is 0 Å². The Labute approximate surface area is 145 Å². The molecule has 0 heterocycles. The van der Waals surface area contributed by atoms with Crippen molar-refractivity contribution in [3.63, 3.8) is 0 Å². The highest BCUT2D eigenvalue weighted by atomic mass is 16.5. The lowest BCUT2D eigenvalue weighted by Gasteiger charge is -2.33. The standard InChI is InChI=1S/C11H22O.C10H20O/c1-9(2)8-10-6-4-5-7-11(10)12-3;1-8(2)9-6-4-5-7-10(9)11-3/h9-11H,4-8H2,1-3H3;8-10H,4-7H2,1-3H3. The van der Waals surface area contributed by atoms with E-state index in [-0.39, 0.29) is 0 Å². The maximum Gasteiger partial charge on any atom is 0.0601 e. The van der Waals surface area contributed by atoms with E-state index in [1.807, 2.05) is 14.2 Å². The second-order valence-electron chi connectivity index (χ2n) is 8.41. The molecule has 2 heteroatoms. The summed E-state index contributed by atoms with van der Waals surface area (Å²) in [7, 11) is 3.72. The SMILES string of the molecule is COC1CCCCC1C(C)C.COC1CCCCC1CC(C)C. The Balaban J connectivity index is 0.000000231. The van der Waals surface area contributed by atoms with Crippen molar-refractivity contribution >= 4 is 0 Å². The van der Waals surface area contributed by atoms with Crippen LogP contribution >= 0.6 is 0 Å². The van der Waals surface area contributed by atoms with Crippen molar-refractivity contribution in [2.45, 2.75) is 97.7 Å². The molecule has 2 fully saturated rings. The van der Waals surface area contributed by atoms with Gasteiger partial charge in [-0.15, -0.1) is 0 Å². The van der Waals surface area contributed by atoms with Gasteiger partial charge in [-0.25, -0.2) is 0 Å². The molecule has 4 unspecified atom stereocenters. The minimum Gasteiger partial charge on any atom is -0.381 e. The summed E-state index contributed by atoms with van der Waals surface area (Å²) in [5.41, 5.74) is 0. The van der Waals surface area contributed by atoms with Crippen molar-refractivity contribution in [1.29, 1.82) is 0 Å². The Morgan fingerprint density at radius 1 is 0.739 bits per heavy atom. The Morgan fingerprint density at radius 3 is 1.74 bits per heavy atom. The molecule has 0 radical (unpaired) electrons. The Kier molecular flexibility index (Phi) is 10.5. The van der Waals surface area contributed by atoms with E-state index >= 15 is 0 Å². The van der Waals surface area contributed by atoms with Crippen LogP contribution in [-0.4, -0.2) is 26.4 Å². The largest absolute Gasteiger partial charge is 0.381 e.